The van der Waals surface area contributed by atoms with Crippen LogP contribution >= 0.6 is 0 Å². The molecule has 7 heteroatoms. The van der Waals surface area contributed by atoms with Gasteiger partial charge in [-0.05, 0) is 36.8 Å². The van der Waals surface area contributed by atoms with Crippen LogP contribution in [0.15, 0.2) is 42.5 Å². The number of carbonyl (C=O) groups is 2. The number of carbonyl (C=O) groups excluding carboxylic acids is 1. The maximum Gasteiger partial charge on any atom is 0.336 e. The van der Waals surface area contributed by atoms with E-state index >= 15 is 0 Å². The molecule has 154 valence electrons. The summed E-state index contributed by atoms with van der Waals surface area (Å²) in [6.07, 6.45) is 0. The molecule has 0 aliphatic carbocycles. The van der Waals surface area contributed by atoms with Crippen molar-refractivity contribution in [1.82, 2.24) is 9.80 Å². The molecular weight excluding hydrogens is 372 g/mol. The lowest BCUT2D eigenvalue weighted by atomic mass is 10.0. The van der Waals surface area contributed by atoms with E-state index in [2.05, 4.69) is 11.8 Å². The third kappa shape index (κ3) is 4.35. The largest absolute Gasteiger partial charge is 0.493 e. The highest BCUT2D eigenvalue weighted by Gasteiger charge is 2.27. The first-order valence-corrected chi connectivity index (χ1v) is 9.53. The van der Waals surface area contributed by atoms with Crippen molar-refractivity contribution in [2.75, 3.05) is 40.4 Å². The lowest BCUT2D eigenvalue weighted by Crippen LogP contribution is -2.49. The number of amides is 1. The van der Waals surface area contributed by atoms with Gasteiger partial charge < -0.3 is 19.5 Å². The zero-order valence-electron chi connectivity index (χ0n) is 16.9. The van der Waals surface area contributed by atoms with Crippen LogP contribution in [-0.2, 0) is 0 Å². The first-order chi connectivity index (χ1) is 14.0. The first kappa shape index (κ1) is 20.7. The quantitative estimate of drug-likeness (QED) is 0.806. The molecule has 1 aliphatic rings. The molecule has 1 fully saturated rings. The first-order valence-electron chi connectivity index (χ1n) is 9.53. The number of methoxy groups -OCH3 is 2. The van der Waals surface area contributed by atoms with Crippen molar-refractivity contribution in [2.24, 2.45) is 0 Å². The van der Waals surface area contributed by atoms with Gasteiger partial charge in [-0.25, -0.2) is 4.79 Å². The van der Waals surface area contributed by atoms with E-state index in [1.54, 1.807) is 37.3 Å². The van der Waals surface area contributed by atoms with Gasteiger partial charge in [0, 0.05) is 32.2 Å². The maximum absolute atomic E-state index is 12.8. The molecule has 1 aliphatic heterocycles. The van der Waals surface area contributed by atoms with Crippen LogP contribution in [0.3, 0.4) is 0 Å². The van der Waals surface area contributed by atoms with Gasteiger partial charge in [-0.3, -0.25) is 9.69 Å². The number of benzene rings is 2. The van der Waals surface area contributed by atoms with Gasteiger partial charge in [0.05, 0.1) is 25.3 Å². The SMILES string of the molecule is COc1ccc(C(C)N2CCN(C(=O)c3ccccc3C(=O)O)CC2)cc1OC. The van der Waals surface area contributed by atoms with Crippen molar-refractivity contribution in [1.29, 1.82) is 0 Å². The van der Waals surface area contributed by atoms with Crippen LogP contribution < -0.4 is 9.47 Å². The molecule has 0 aromatic heterocycles. The van der Waals surface area contributed by atoms with Crippen molar-refractivity contribution in [3.8, 4) is 11.5 Å². The molecule has 29 heavy (non-hydrogen) atoms. The van der Waals surface area contributed by atoms with Crippen LogP contribution in [-0.4, -0.2) is 67.2 Å². The molecule has 1 unspecified atom stereocenters. The fourth-order valence-electron chi connectivity index (χ4n) is 3.66. The van der Waals surface area contributed by atoms with E-state index in [0.29, 0.717) is 37.7 Å². The highest BCUT2D eigenvalue weighted by molar-refractivity contribution is 6.04. The molecule has 1 amide bonds. The fraction of sp³-hybridized carbons (Fsp3) is 0.364. The Kier molecular flexibility index (Phi) is 6.39. The summed E-state index contributed by atoms with van der Waals surface area (Å²) in [7, 11) is 3.23. The number of carboxylic acids is 1. The van der Waals surface area contributed by atoms with E-state index in [0.717, 1.165) is 5.56 Å². The molecule has 7 nitrogen and oxygen atoms in total. The van der Waals surface area contributed by atoms with Gasteiger partial charge >= 0.3 is 5.97 Å². The van der Waals surface area contributed by atoms with Crippen molar-refractivity contribution < 1.29 is 24.2 Å². The van der Waals surface area contributed by atoms with Crippen LogP contribution in [0.2, 0.25) is 0 Å². The van der Waals surface area contributed by atoms with Gasteiger partial charge in [-0.1, -0.05) is 18.2 Å². The van der Waals surface area contributed by atoms with Crippen LogP contribution in [0.25, 0.3) is 0 Å². The van der Waals surface area contributed by atoms with Crippen molar-refractivity contribution in [2.45, 2.75) is 13.0 Å². The van der Waals surface area contributed by atoms with Crippen molar-refractivity contribution in [3.63, 3.8) is 0 Å². The Morgan fingerprint density at radius 2 is 1.55 bits per heavy atom. The Balaban J connectivity index is 1.68. The molecule has 0 radical (unpaired) electrons. The summed E-state index contributed by atoms with van der Waals surface area (Å²) in [5, 5.41) is 9.34. The van der Waals surface area contributed by atoms with E-state index in [9.17, 15) is 14.7 Å². The predicted octanol–water partition coefficient (Wildman–Crippen LogP) is 2.92. The summed E-state index contributed by atoms with van der Waals surface area (Å²) in [5.74, 6) is 0.0583. The number of carboxylic acid groups (broad SMARTS) is 1. The Morgan fingerprint density at radius 3 is 2.14 bits per heavy atom. The van der Waals surface area contributed by atoms with Gasteiger partial charge in [0.25, 0.3) is 5.91 Å². The number of rotatable bonds is 6. The molecule has 2 aromatic rings. The average Bonchev–Trinajstić information content (AvgIpc) is 2.77. The van der Waals surface area contributed by atoms with Crippen LogP contribution in [0.4, 0.5) is 0 Å². The molecule has 1 saturated heterocycles. The summed E-state index contributed by atoms with van der Waals surface area (Å²) in [5.41, 5.74) is 1.39. The molecule has 0 bridgehead atoms. The number of piperazine rings is 1. The van der Waals surface area contributed by atoms with Crippen molar-refractivity contribution in [3.05, 3.63) is 59.2 Å². The summed E-state index contributed by atoms with van der Waals surface area (Å²) >= 11 is 0. The maximum atomic E-state index is 12.8. The highest BCUT2D eigenvalue weighted by Crippen LogP contribution is 2.32. The predicted molar refractivity (Wildman–Crippen MR) is 109 cm³/mol. The lowest BCUT2D eigenvalue weighted by Gasteiger charge is -2.38. The van der Waals surface area contributed by atoms with Crippen LogP contribution in [0, 0.1) is 0 Å². The smallest absolute Gasteiger partial charge is 0.336 e. The molecule has 1 heterocycles. The number of aromatic carboxylic acids is 1. The second-order valence-corrected chi connectivity index (χ2v) is 6.97. The number of ether oxygens (including phenoxy) is 2. The average molecular weight is 398 g/mol. The minimum atomic E-state index is -1.09. The summed E-state index contributed by atoms with van der Waals surface area (Å²) < 4.78 is 10.7. The van der Waals surface area contributed by atoms with Gasteiger partial charge in [0.2, 0.25) is 0 Å². The summed E-state index contributed by atoms with van der Waals surface area (Å²) in [6, 6.07) is 12.4. The second-order valence-electron chi connectivity index (χ2n) is 6.97. The van der Waals surface area contributed by atoms with Crippen LogP contribution in [0.1, 0.15) is 39.2 Å². The van der Waals surface area contributed by atoms with Gasteiger partial charge in [-0.15, -0.1) is 0 Å². The fourth-order valence-corrected chi connectivity index (χ4v) is 3.66. The molecule has 1 N–H and O–H groups in total. The highest BCUT2D eigenvalue weighted by atomic mass is 16.5. The van der Waals surface area contributed by atoms with Crippen LogP contribution in [0.5, 0.6) is 11.5 Å². The van der Waals surface area contributed by atoms with Gasteiger partial charge in [-0.2, -0.15) is 0 Å². The van der Waals surface area contributed by atoms with E-state index in [1.807, 2.05) is 18.2 Å². The number of hydrogen-bond acceptors (Lipinski definition) is 5. The molecule has 1 atom stereocenters. The van der Waals surface area contributed by atoms with Crippen molar-refractivity contribution >= 4 is 11.9 Å². The van der Waals surface area contributed by atoms with Gasteiger partial charge in [0.15, 0.2) is 11.5 Å². The summed E-state index contributed by atoms with van der Waals surface area (Å²) in [4.78, 5) is 28.3. The topological polar surface area (TPSA) is 79.3 Å². The third-order valence-electron chi connectivity index (χ3n) is 5.43. The minimum Gasteiger partial charge on any atom is -0.493 e. The van der Waals surface area contributed by atoms with Gasteiger partial charge in [0.1, 0.15) is 0 Å². The lowest BCUT2D eigenvalue weighted by molar-refractivity contribution is 0.0569. The van der Waals surface area contributed by atoms with E-state index < -0.39 is 5.97 Å². The Bertz CT molecular complexity index is 891. The molecule has 2 aromatic carbocycles. The Labute approximate surface area is 170 Å². The van der Waals surface area contributed by atoms with E-state index in [-0.39, 0.29) is 23.1 Å². The molecule has 0 saturated carbocycles. The number of nitrogens with zero attached hydrogens (tertiary/aromatic N) is 2. The standard InChI is InChI=1S/C22H26N2O5/c1-15(16-8-9-19(28-2)20(14-16)29-3)23-10-12-24(13-11-23)21(25)17-6-4-5-7-18(17)22(26)27/h4-9,14-15H,10-13H2,1-3H3,(H,26,27). The normalized spacial score (nSPS) is 15.6. The second kappa shape index (κ2) is 8.96. The van der Waals surface area contributed by atoms with E-state index in [1.165, 1.54) is 6.07 Å². The van der Waals surface area contributed by atoms with E-state index in [4.69, 9.17) is 9.47 Å². The summed E-state index contributed by atoms with van der Waals surface area (Å²) in [6.45, 7) is 4.63. The molecular formula is C22H26N2O5. The Hall–Kier alpha value is -3.06. The number of hydrogen-bond donors (Lipinski definition) is 1. The third-order valence-corrected chi connectivity index (χ3v) is 5.43. The molecule has 3 rings (SSSR count). The monoisotopic (exact) mass is 398 g/mol. The zero-order valence-corrected chi connectivity index (χ0v) is 16.9. The molecule has 0 spiro atoms. The minimum absolute atomic E-state index is 0.0404. The zero-order chi connectivity index (χ0) is 21.0. The Morgan fingerprint density at radius 1 is 0.931 bits per heavy atom.